The number of non-ortho nitro benzene ring substituents is 1. The fraction of sp³-hybridized carbons (Fsp3) is 0.417. The summed E-state index contributed by atoms with van der Waals surface area (Å²) in [5.74, 6) is -0.133. The van der Waals surface area contributed by atoms with E-state index in [0.29, 0.717) is 17.9 Å². The predicted molar refractivity (Wildman–Crippen MR) is 74.1 cm³/mol. The van der Waals surface area contributed by atoms with E-state index >= 15 is 0 Å². The SMILES string of the molecule is CCCN(CC(=O)NC)c1ccc([N+](=O)[O-])cc1N. The van der Waals surface area contributed by atoms with Crippen molar-refractivity contribution < 1.29 is 9.72 Å². The second-order valence-corrected chi connectivity index (χ2v) is 4.09. The first-order chi connectivity index (χ1) is 8.99. The quantitative estimate of drug-likeness (QED) is 0.456. The van der Waals surface area contributed by atoms with Gasteiger partial charge in [0.15, 0.2) is 0 Å². The van der Waals surface area contributed by atoms with Gasteiger partial charge in [0.2, 0.25) is 5.91 Å². The first kappa shape index (κ1) is 14.7. The number of amides is 1. The van der Waals surface area contributed by atoms with Crippen molar-refractivity contribution in [1.29, 1.82) is 0 Å². The number of nitrogens with zero attached hydrogens (tertiary/aromatic N) is 2. The van der Waals surface area contributed by atoms with E-state index in [0.717, 1.165) is 6.42 Å². The van der Waals surface area contributed by atoms with Crippen LogP contribution < -0.4 is 16.0 Å². The van der Waals surface area contributed by atoms with E-state index in [-0.39, 0.29) is 18.1 Å². The molecule has 0 radical (unpaired) electrons. The van der Waals surface area contributed by atoms with Crippen molar-refractivity contribution in [3.8, 4) is 0 Å². The zero-order chi connectivity index (χ0) is 14.4. The lowest BCUT2D eigenvalue weighted by Gasteiger charge is -2.24. The topological polar surface area (TPSA) is 102 Å². The Hall–Kier alpha value is -2.31. The summed E-state index contributed by atoms with van der Waals surface area (Å²) >= 11 is 0. The highest BCUT2D eigenvalue weighted by Crippen LogP contribution is 2.27. The molecular formula is C12H18N4O3. The average molecular weight is 266 g/mol. The van der Waals surface area contributed by atoms with Gasteiger partial charge in [0, 0.05) is 25.7 Å². The van der Waals surface area contributed by atoms with E-state index in [1.165, 1.54) is 12.1 Å². The highest BCUT2D eigenvalue weighted by Gasteiger charge is 2.15. The minimum Gasteiger partial charge on any atom is -0.397 e. The number of nitro benzene ring substituents is 1. The lowest BCUT2D eigenvalue weighted by molar-refractivity contribution is -0.384. The maximum Gasteiger partial charge on any atom is 0.271 e. The molecule has 0 heterocycles. The van der Waals surface area contributed by atoms with E-state index < -0.39 is 4.92 Å². The van der Waals surface area contributed by atoms with Gasteiger partial charge in [-0.25, -0.2) is 0 Å². The van der Waals surface area contributed by atoms with Gasteiger partial charge in [0.05, 0.1) is 22.8 Å². The molecule has 1 rings (SSSR count). The molecule has 0 bridgehead atoms. The van der Waals surface area contributed by atoms with Crippen LogP contribution in [0, 0.1) is 10.1 Å². The lowest BCUT2D eigenvalue weighted by atomic mass is 10.2. The van der Waals surface area contributed by atoms with E-state index in [2.05, 4.69) is 5.32 Å². The zero-order valence-electron chi connectivity index (χ0n) is 11.0. The number of nitrogens with one attached hydrogen (secondary N) is 1. The van der Waals surface area contributed by atoms with E-state index in [1.807, 2.05) is 6.92 Å². The molecular weight excluding hydrogens is 248 g/mol. The van der Waals surface area contributed by atoms with Crippen LogP contribution in [-0.2, 0) is 4.79 Å². The van der Waals surface area contributed by atoms with Crippen LogP contribution in [0.1, 0.15) is 13.3 Å². The van der Waals surface area contributed by atoms with Crippen molar-refractivity contribution in [2.75, 3.05) is 30.8 Å². The van der Waals surface area contributed by atoms with Crippen LogP contribution in [0.2, 0.25) is 0 Å². The van der Waals surface area contributed by atoms with E-state index in [9.17, 15) is 14.9 Å². The first-order valence-corrected chi connectivity index (χ1v) is 5.99. The number of nitro groups is 1. The molecule has 0 unspecified atom stereocenters. The standard InChI is InChI=1S/C12H18N4O3/c1-3-6-15(8-12(17)14-2)11-5-4-9(16(18)19)7-10(11)13/h4-5,7H,3,6,8,13H2,1-2H3,(H,14,17). The van der Waals surface area contributed by atoms with Gasteiger partial charge in [0.25, 0.3) is 5.69 Å². The fourth-order valence-electron chi connectivity index (χ4n) is 1.75. The smallest absolute Gasteiger partial charge is 0.271 e. The van der Waals surface area contributed by atoms with Crippen LogP contribution in [0.3, 0.4) is 0 Å². The number of carbonyl (C=O) groups excluding carboxylic acids is 1. The monoisotopic (exact) mass is 266 g/mol. The average Bonchev–Trinajstić information content (AvgIpc) is 2.37. The third kappa shape index (κ3) is 3.84. The van der Waals surface area contributed by atoms with Gasteiger partial charge in [-0.1, -0.05) is 6.92 Å². The number of rotatable bonds is 6. The molecule has 3 N–H and O–H groups in total. The maximum atomic E-state index is 11.5. The van der Waals surface area contributed by atoms with Gasteiger partial charge in [-0.05, 0) is 12.5 Å². The zero-order valence-corrected chi connectivity index (χ0v) is 11.0. The molecule has 104 valence electrons. The number of benzene rings is 1. The molecule has 19 heavy (non-hydrogen) atoms. The van der Waals surface area contributed by atoms with Crippen molar-refractivity contribution in [3.05, 3.63) is 28.3 Å². The normalized spacial score (nSPS) is 10.0. The minimum absolute atomic E-state index is 0.0577. The Morgan fingerprint density at radius 1 is 1.53 bits per heavy atom. The molecule has 0 atom stereocenters. The molecule has 1 aromatic rings. The Labute approximate surface area is 111 Å². The van der Waals surface area contributed by atoms with Crippen molar-refractivity contribution in [3.63, 3.8) is 0 Å². The summed E-state index contributed by atoms with van der Waals surface area (Å²) < 4.78 is 0. The summed E-state index contributed by atoms with van der Waals surface area (Å²) in [6.07, 6.45) is 0.841. The van der Waals surface area contributed by atoms with E-state index in [1.54, 1.807) is 18.0 Å². The van der Waals surface area contributed by atoms with Crippen LogP contribution in [-0.4, -0.2) is 31.0 Å². The van der Waals surface area contributed by atoms with Crippen molar-refractivity contribution in [2.45, 2.75) is 13.3 Å². The Morgan fingerprint density at radius 3 is 2.68 bits per heavy atom. The number of hydrogen-bond donors (Lipinski definition) is 2. The Morgan fingerprint density at radius 2 is 2.21 bits per heavy atom. The Balaban J connectivity index is 3.02. The van der Waals surface area contributed by atoms with Gasteiger partial charge >= 0.3 is 0 Å². The summed E-state index contributed by atoms with van der Waals surface area (Å²) in [6.45, 7) is 2.81. The molecule has 1 amide bonds. The summed E-state index contributed by atoms with van der Waals surface area (Å²) in [5.41, 5.74) is 6.70. The second kappa shape index (κ2) is 6.58. The van der Waals surface area contributed by atoms with Crippen molar-refractivity contribution in [1.82, 2.24) is 5.32 Å². The number of carbonyl (C=O) groups is 1. The van der Waals surface area contributed by atoms with Crippen LogP contribution in [0.5, 0.6) is 0 Å². The van der Waals surface area contributed by atoms with Crippen molar-refractivity contribution in [2.24, 2.45) is 0 Å². The molecule has 0 aliphatic heterocycles. The van der Waals surface area contributed by atoms with Gasteiger partial charge < -0.3 is 16.0 Å². The molecule has 0 aliphatic carbocycles. The largest absolute Gasteiger partial charge is 0.397 e. The maximum absolute atomic E-state index is 11.5. The number of anilines is 2. The summed E-state index contributed by atoms with van der Waals surface area (Å²) in [5, 5.41) is 13.2. The third-order valence-electron chi connectivity index (χ3n) is 2.67. The Bertz CT molecular complexity index is 476. The number of nitrogens with two attached hydrogens (primary N) is 1. The fourth-order valence-corrected chi connectivity index (χ4v) is 1.75. The predicted octanol–water partition coefficient (Wildman–Crippen LogP) is 1.14. The molecule has 0 fully saturated rings. The molecule has 0 spiro atoms. The van der Waals surface area contributed by atoms with Crippen LogP contribution >= 0.6 is 0 Å². The highest BCUT2D eigenvalue weighted by molar-refractivity contribution is 5.83. The Kier molecular flexibility index (Phi) is 5.11. The summed E-state index contributed by atoms with van der Waals surface area (Å²) in [7, 11) is 1.56. The van der Waals surface area contributed by atoms with Crippen LogP contribution in [0.15, 0.2) is 18.2 Å². The molecule has 0 saturated carbocycles. The number of nitrogen functional groups attached to an aromatic ring is 1. The molecule has 0 aromatic heterocycles. The third-order valence-corrected chi connectivity index (χ3v) is 2.67. The van der Waals surface area contributed by atoms with Gasteiger partial charge in [-0.3, -0.25) is 14.9 Å². The second-order valence-electron chi connectivity index (χ2n) is 4.09. The van der Waals surface area contributed by atoms with Crippen molar-refractivity contribution >= 4 is 23.0 Å². The van der Waals surface area contributed by atoms with Crippen LogP contribution in [0.25, 0.3) is 0 Å². The van der Waals surface area contributed by atoms with E-state index in [4.69, 9.17) is 5.73 Å². The molecule has 1 aromatic carbocycles. The lowest BCUT2D eigenvalue weighted by Crippen LogP contribution is -2.36. The molecule has 7 heteroatoms. The molecule has 7 nitrogen and oxygen atoms in total. The van der Waals surface area contributed by atoms with Gasteiger partial charge in [-0.15, -0.1) is 0 Å². The number of hydrogen-bond acceptors (Lipinski definition) is 5. The number of likely N-dealkylation sites (N-methyl/N-ethyl adjacent to an activating group) is 1. The first-order valence-electron chi connectivity index (χ1n) is 5.99. The molecule has 0 saturated heterocycles. The van der Waals surface area contributed by atoms with Crippen LogP contribution in [0.4, 0.5) is 17.1 Å². The molecule has 0 aliphatic rings. The minimum atomic E-state index is -0.497. The van der Waals surface area contributed by atoms with Gasteiger partial charge in [0.1, 0.15) is 0 Å². The summed E-state index contributed by atoms with van der Waals surface area (Å²) in [6, 6.07) is 4.27. The van der Waals surface area contributed by atoms with Gasteiger partial charge in [-0.2, -0.15) is 0 Å². The summed E-state index contributed by atoms with van der Waals surface area (Å²) in [4.78, 5) is 23.4. The highest BCUT2D eigenvalue weighted by atomic mass is 16.6.